The minimum atomic E-state index is -0.514. The number of nitrogens with zero attached hydrogens (tertiary/aromatic N) is 5. The summed E-state index contributed by atoms with van der Waals surface area (Å²) in [5.74, 6) is 1.08. The van der Waals surface area contributed by atoms with Crippen LogP contribution in [0.1, 0.15) is 56.2 Å². The molecule has 2 unspecified atom stereocenters. The van der Waals surface area contributed by atoms with E-state index in [4.69, 9.17) is 23.2 Å². The van der Waals surface area contributed by atoms with Gasteiger partial charge >= 0.3 is 5.82 Å². The van der Waals surface area contributed by atoms with E-state index in [9.17, 15) is 14.9 Å². The van der Waals surface area contributed by atoms with Crippen molar-refractivity contribution in [2.75, 3.05) is 5.32 Å². The SMILES string of the molecule is Cc1c(Cl)c([N+](=O)[O-])nn1C12CC3CC(CC(CC(=O)Nc4nn(Cc5ccc(Cl)cc5)cc4Br)(C3)C1)C2. The van der Waals surface area contributed by atoms with Crippen molar-refractivity contribution in [2.45, 2.75) is 64.0 Å². The first-order chi connectivity index (χ1) is 18.0. The van der Waals surface area contributed by atoms with Crippen LogP contribution < -0.4 is 5.32 Å². The molecule has 38 heavy (non-hydrogen) atoms. The van der Waals surface area contributed by atoms with Crippen LogP contribution in [0.15, 0.2) is 34.9 Å². The second kappa shape index (κ2) is 9.34. The van der Waals surface area contributed by atoms with Gasteiger partial charge in [-0.25, -0.2) is 0 Å². The highest BCUT2D eigenvalue weighted by atomic mass is 79.9. The van der Waals surface area contributed by atoms with Gasteiger partial charge in [-0.05, 0) is 101 Å². The number of nitrogens with one attached hydrogen (secondary N) is 1. The Morgan fingerprint density at radius 2 is 1.87 bits per heavy atom. The third kappa shape index (κ3) is 4.54. The summed E-state index contributed by atoms with van der Waals surface area (Å²) in [6, 6.07) is 7.57. The fraction of sp³-hybridized carbons (Fsp3) is 0.500. The van der Waals surface area contributed by atoms with Crippen molar-refractivity contribution >= 4 is 56.7 Å². The van der Waals surface area contributed by atoms with Gasteiger partial charge in [0.15, 0.2) is 10.8 Å². The largest absolute Gasteiger partial charge is 0.408 e. The summed E-state index contributed by atoms with van der Waals surface area (Å²) in [4.78, 5) is 24.4. The van der Waals surface area contributed by atoms with E-state index in [1.807, 2.05) is 35.1 Å². The number of carbonyl (C=O) groups excluding carboxylic acids is 1. The molecule has 0 spiro atoms. The van der Waals surface area contributed by atoms with E-state index >= 15 is 0 Å². The number of amides is 1. The maximum Gasteiger partial charge on any atom is 0.408 e. The smallest absolute Gasteiger partial charge is 0.358 e. The first-order valence-electron chi connectivity index (χ1n) is 12.7. The van der Waals surface area contributed by atoms with Crippen LogP contribution in [0.2, 0.25) is 10.0 Å². The Kier molecular flexibility index (Phi) is 6.35. The van der Waals surface area contributed by atoms with E-state index in [1.54, 1.807) is 11.6 Å². The van der Waals surface area contributed by atoms with Crippen molar-refractivity contribution in [3.8, 4) is 0 Å². The number of halogens is 3. The van der Waals surface area contributed by atoms with Crippen LogP contribution in [0.3, 0.4) is 0 Å². The number of hydrogen-bond donors (Lipinski definition) is 1. The van der Waals surface area contributed by atoms with Crippen LogP contribution in [0.4, 0.5) is 11.6 Å². The molecular formula is C26H27BrCl2N6O3. The zero-order chi connectivity index (χ0) is 26.8. The van der Waals surface area contributed by atoms with E-state index in [0.717, 1.165) is 48.6 Å². The Morgan fingerprint density at radius 1 is 1.18 bits per heavy atom. The van der Waals surface area contributed by atoms with Crippen molar-refractivity contribution < 1.29 is 9.72 Å². The Bertz CT molecular complexity index is 1420. The third-order valence-corrected chi connectivity index (χ3v) is 9.84. The van der Waals surface area contributed by atoms with Gasteiger partial charge in [0.2, 0.25) is 5.91 Å². The van der Waals surface area contributed by atoms with Crippen LogP contribution in [-0.2, 0) is 16.9 Å². The van der Waals surface area contributed by atoms with Gasteiger partial charge in [0.05, 0.1) is 27.3 Å². The van der Waals surface area contributed by atoms with Crippen molar-refractivity contribution in [3.05, 3.63) is 66.4 Å². The first kappa shape index (κ1) is 25.8. The second-order valence-electron chi connectivity index (χ2n) is 11.5. The molecule has 0 saturated heterocycles. The normalized spacial score (nSPS) is 27.6. The molecule has 4 bridgehead atoms. The molecule has 3 aromatic rings. The van der Waals surface area contributed by atoms with E-state index < -0.39 is 4.92 Å². The van der Waals surface area contributed by atoms with Crippen molar-refractivity contribution in [2.24, 2.45) is 17.3 Å². The topological polar surface area (TPSA) is 108 Å². The summed E-state index contributed by atoms with van der Waals surface area (Å²) in [5, 5.41) is 24.3. The van der Waals surface area contributed by atoms with E-state index in [-0.39, 0.29) is 27.7 Å². The Labute approximate surface area is 238 Å². The quantitative estimate of drug-likeness (QED) is 0.232. The second-order valence-corrected chi connectivity index (χ2v) is 13.1. The van der Waals surface area contributed by atoms with Crippen LogP contribution >= 0.6 is 39.1 Å². The lowest BCUT2D eigenvalue weighted by Gasteiger charge is -2.61. The number of hydrogen-bond acceptors (Lipinski definition) is 5. The summed E-state index contributed by atoms with van der Waals surface area (Å²) in [6.45, 7) is 2.36. The molecule has 4 saturated carbocycles. The number of anilines is 1. The summed E-state index contributed by atoms with van der Waals surface area (Å²) < 4.78 is 4.32. The molecule has 0 radical (unpaired) electrons. The fourth-order valence-electron chi connectivity index (χ4n) is 7.76. The van der Waals surface area contributed by atoms with Gasteiger partial charge in [-0.3, -0.25) is 9.48 Å². The molecule has 4 aliphatic carbocycles. The van der Waals surface area contributed by atoms with Crippen molar-refractivity contribution in [1.82, 2.24) is 19.6 Å². The summed E-state index contributed by atoms with van der Waals surface area (Å²) in [5.41, 5.74) is 1.17. The first-order valence-corrected chi connectivity index (χ1v) is 14.3. The molecule has 0 aliphatic heterocycles. The standard InChI is InChI=1S/C26H27BrCl2N6O3/c1-15-22(29)24(35(37)38)32-34(15)26-9-17-6-18(10-26)8-25(7-17,14-26)11-21(36)30-23-20(27)13-33(31-23)12-16-2-4-19(28)5-3-16/h2-5,13,17-18H,6-12,14H2,1H3,(H,30,31,36). The highest BCUT2D eigenvalue weighted by Crippen LogP contribution is 2.65. The van der Waals surface area contributed by atoms with Crippen LogP contribution in [0.5, 0.6) is 0 Å². The van der Waals surface area contributed by atoms with Gasteiger partial charge in [0.25, 0.3) is 0 Å². The lowest BCUT2D eigenvalue weighted by molar-refractivity contribution is -0.389. The molecule has 1 amide bonds. The zero-order valence-corrected chi connectivity index (χ0v) is 23.9. The predicted molar refractivity (Wildman–Crippen MR) is 147 cm³/mol. The maximum atomic E-state index is 13.4. The molecule has 12 heteroatoms. The molecular weight excluding hydrogens is 595 g/mol. The average molecular weight is 622 g/mol. The average Bonchev–Trinajstić information content (AvgIpc) is 3.32. The fourth-order valence-corrected chi connectivity index (χ4v) is 8.49. The van der Waals surface area contributed by atoms with Gasteiger partial charge < -0.3 is 15.4 Å². The van der Waals surface area contributed by atoms with Gasteiger partial charge in [-0.2, -0.15) is 9.78 Å². The monoisotopic (exact) mass is 620 g/mol. The minimum Gasteiger partial charge on any atom is -0.358 e. The summed E-state index contributed by atoms with van der Waals surface area (Å²) in [7, 11) is 0. The zero-order valence-electron chi connectivity index (χ0n) is 20.8. The number of carbonyl (C=O) groups is 1. The van der Waals surface area contributed by atoms with Crippen molar-refractivity contribution in [3.63, 3.8) is 0 Å². The van der Waals surface area contributed by atoms with Crippen LogP contribution in [-0.4, -0.2) is 30.4 Å². The molecule has 9 nitrogen and oxygen atoms in total. The minimum absolute atomic E-state index is 0.0688. The summed E-state index contributed by atoms with van der Waals surface area (Å²) >= 11 is 15.8. The Hall–Kier alpha value is -2.43. The Balaban J connectivity index is 1.20. The highest BCUT2D eigenvalue weighted by Gasteiger charge is 2.61. The number of rotatable bonds is 7. The molecule has 1 aromatic carbocycles. The molecule has 2 atom stereocenters. The summed E-state index contributed by atoms with van der Waals surface area (Å²) in [6.07, 6.45) is 7.95. The predicted octanol–water partition coefficient (Wildman–Crippen LogP) is 6.74. The van der Waals surface area contributed by atoms with Crippen molar-refractivity contribution in [1.29, 1.82) is 0 Å². The molecule has 7 rings (SSSR count). The van der Waals surface area contributed by atoms with Gasteiger partial charge in [-0.1, -0.05) is 35.3 Å². The van der Waals surface area contributed by atoms with Crippen LogP contribution in [0, 0.1) is 34.3 Å². The van der Waals surface area contributed by atoms with Gasteiger partial charge in [0, 0.05) is 17.6 Å². The molecule has 4 aliphatic rings. The number of aromatic nitrogens is 4. The molecule has 1 N–H and O–H groups in total. The van der Waals surface area contributed by atoms with E-state index in [2.05, 4.69) is 31.4 Å². The molecule has 2 aromatic heterocycles. The third-order valence-electron chi connectivity index (χ3n) is 8.57. The Morgan fingerprint density at radius 3 is 2.50 bits per heavy atom. The molecule has 4 fully saturated rings. The van der Waals surface area contributed by atoms with Crippen LogP contribution in [0.25, 0.3) is 0 Å². The van der Waals surface area contributed by atoms with E-state index in [0.29, 0.717) is 41.3 Å². The van der Waals surface area contributed by atoms with Gasteiger partial charge in [-0.15, -0.1) is 0 Å². The van der Waals surface area contributed by atoms with E-state index in [1.165, 1.54) is 0 Å². The molecule has 2 heterocycles. The lowest BCUT2D eigenvalue weighted by atomic mass is 9.46. The van der Waals surface area contributed by atoms with Gasteiger partial charge in [0.1, 0.15) is 0 Å². The number of nitro groups is 1. The highest BCUT2D eigenvalue weighted by molar-refractivity contribution is 9.10. The molecule has 200 valence electrons. The number of benzene rings is 1. The maximum absolute atomic E-state index is 13.4. The lowest BCUT2D eigenvalue weighted by Crippen LogP contribution is -2.57.